The second-order valence-corrected chi connectivity index (χ2v) is 6.12. The van der Waals surface area contributed by atoms with E-state index in [1.807, 2.05) is 57.2 Å². The maximum atomic E-state index is 10.3. The standard InChI is InChI=1S/C18H23ClN2O2/c1-12(2)23-15-8-6-14(7-9-15)17(22)11-21-13(3)16-5-4-10-20-18(16)19/h4-10,12-13,17,21-22H,11H2,1-3H3. The number of nitrogens with one attached hydrogen (secondary N) is 1. The second kappa shape index (κ2) is 8.29. The van der Waals surface area contributed by atoms with Gasteiger partial charge in [0, 0.05) is 24.3 Å². The first-order valence-electron chi connectivity index (χ1n) is 7.76. The number of rotatable bonds is 7. The highest BCUT2D eigenvalue weighted by atomic mass is 35.5. The molecule has 0 spiro atoms. The first-order valence-corrected chi connectivity index (χ1v) is 8.13. The van der Waals surface area contributed by atoms with Crippen LogP contribution in [-0.4, -0.2) is 22.7 Å². The van der Waals surface area contributed by atoms with E-state index in [-0.39, 0.29) is 12.1 Å². The summed E-state index contributed by atoms with van der Waals surface area (Å²) in [6.45, 7) is 6.39. The van der Waals surface area contributed by atoms with Crippen LogP contribution in [0.2, 0.25) is 5.15 Å². The van der Waals surface area contributed by atoms with Gasteiger partial charge in [-0.25, -0.2) is 4.98 Å². The smallest absolute Gasteiger partial charge is 0.133 e. The zero-order chi connectivity index (χ0) is 16.8. The first kappa shape index (κ1) is 17.7. The summed E-state index contributed by atoms with van der Waals surface area (Å²) < 4.78 is 5.60. The number of aliphatic hydroxyl groups excluding tert-OH is 1. The summed E-state index contributed by atoms with van der Waals surface area (Å²) in [5.74, 6) is 0.805. The Labute approximate surface area is 142 Å². The molecule has 2 N–H and O–H groups in total. The fourth-order valence-corrected chi connectivity index (χ4v) is 2.56. The summed E-state index contributed by atoms with van der Waals surface area (Å²) in [6, 6.07) is 11.3. The van der Waals surface area contributed by atoms with Crippen molar-refractivity contribution < 1.29 is 9.84 Å². The molecule has 0 aliphatic carbocycles. The van der Waals surface area contributed by atoms with Gasteiger partial charge in [-0.05, 0) is 44.5 Å². The average molecular weight is 335 g/mol. The van der Waals surface area contributed by atoms with Crippen molar-refractivity contribution in [2.24, 2.45) is 0 Å². The Morgan fingerprint density at radius 2 is 1.87 bits per heavy atom. The van der Waals surface area contributed by atoms with Gasteiger partial charge in [0.15, 0.2) is 0 Å². The zero-order valence-corrected chi connectivity index (χ0v) is 14.4. The van der Waals surface area contributed by atoms with E-state index < -0.39 is 6.10 Å². The third-order valence-electron chi connectivity index (χ3n) is 3.51. The van der Waals surface area contributed by atoms with E-state index in [1.54, 1.807) is 6.20 Å². The predicted molar refractivity (Wildman–Crippen MR) is 92.8 cm³/mol. The lowest BCUT2D eigenvalue weighted by molar-refractivity contribution is 0.170. The number of ether oxygens (including phenoxy) is 1. The maximum Gasteiger partial charge on any atom is 0.133 e. The molecule has 0 saturated carbocycles. The summed E-state index contributed by atoms with van der Waals surface area (Å²) >= 11 is 6.08. The molecule has 1 aromatic carbocycles. The van der Waals surface area contributed by atoms with Gasteiger partial charge >= 0.3 is 0 Å². The highest BCUT2D eigenvalue weighted by molar-refractivity contribution is 6.30. The molecule has 1 heterocycles. The number of aromatic nitrogens is 1. The van der Waals surface area contributed by atoms with Crippen LogP contribution < -0.4 is 10.1 Å². The molecule has 0 aliphatic rings. The van der Waals surface area contributed by atoms with Crippen LogP contribution in [0.5, 0.6) is 5.75 Å². The Bertz CT molecular complexity index is 617. The van der Waals surface area contributed by atoms with Crippen molar-refractivity contribution in [3.05, 3.63) is 58.9 Å². The lowest BCUT2D eigenvalue weighted by atomic mass is 10.1. The molecule has 0 bridgehead atoms. The third-order valence-corrected chi connectivity index (χ3v) is 3.82. The minimum Gasteiger partial charge on any atom is -0.491 e. The second-order valence-electron chi connectivity index (χ2n) is 5.76. The molecule has 2 aromatic rings. The van der Waals surface area contributed by atoms with Gasteiger partial charge < -0.3 is 15.2 Å². The number of halogens is 1. The Balaban J connectivity index is 1.91. The monoisotopic (exact) mass is 334 g/mol. The Morgan fingerprint density at radius 1 is 1.17 bits per heavy atom. The lowest BCUT2D eigenvalue weighted by Gasteiger charge is -2.18. The molecule has 23 heavy (non-hydrogen) atoms. The molecular weight excluding hydrogens is 312 g/mol. The summed E-state index contributed by atoms with van der Waals surface area (Å²) in [5, 5.41) is 14.1. The predicted octanol–water partition coefficient (Wildman–Crippen LogP) is 3.91. The molecule has 0 aliphatic heterocycles. The molecule has 5 heteroatoms. The third kappa shape index (κ3) is 5.20. The lowest BCUT2D eigenvalue weighted by Crippen LogP contribution is -2.25. The molecule has 0 saturated heterocycles. The van der Waals surface area contributed by atoms with Crippen molar-refractivity contribution in [2.45, 2.75) is 39.0 Å². The summed E-state index contributed by atoms with van der Waals surface area (Å²) in [6.07, 6.45) is 1.20. The number of aliphatic hydroxyl groups is 1. The Kier molecular flexibility index (Phi) is 6.39. The molecule has 0 fully saturated rings. The van der Waals surface area contributed by atoms with Crippen LogP contribution in [0.25, 0.3) is 0 Å². The number of nitrogens with zero attached hydrogens (tertiary/aromatic N) is 1. The van der Waals surface area contributed by atoms with Gasteiger partial charge in [0.1, 0.15) is 10.9 Å². The van der Waals surface area contributed by atoms with Crippen LogP contribution in [0.4, 0.5) is 0 Å². The molecule has 2 unspecified atom stereocenters. The fraction of sp³-hybridized carbons (Fsp3) is 0.389. The minimum absolute atomic E-state index is 0.00870. The average Bonchev–Trinajstić information content (AvgIpc) is 2.53. The molecule has 4 nitrogen and oxygen atoms in total. The Hall–Kier alpha value is -1.62. The van der Waals surface area contributed by atoms with E-state index in [0.717, 1.165) is 16.9 Å². The van der Waals surface area contributed by atoms with Gasteiger partial charge in [-0.15, -0.1) is 0 Å². The summed E-state index contributed by atoms with van der Waals surface area (Å²) in [7, 11) is 0. The number of hydrogen-bond donors (Lipinski definition) is 2. The highest BCUT2D eigenvalue weighted by Gasteiger charge is 2.13. The van der Waals surface area contributed by atoms with Crippen LogP contribution in [-0.2, 0) is 0 Å². The first-order chi connectivity index (χ1) is 11.0. The van der Waals surface area contributed by atoms with E-state index in [4.69, 9.17) is 16.3 Å². The molecule has 0 amide bonds. The van der Waals surface area contributed by atoms with Crippen LogP contribution >= 0.6 is 11.6 Å². The van der Waals surface area contributed by atoms with Crippen LogP contribution in [0.15, 0.2) is 42.6 Å². The molecule has 0 radical (unpaired) electrons. The minimum atomic E-state index is -0.596. The maximum absolute atomic E-state index is 10.3. The van der Waals surface area contributed by atoms with Crippen molar-refractivity contribution in [2.75, 3.05) is 6.54 Å². The van der Waals surface area contributed by atoms with E-state index >= 15 is 0 Å². The summed E-state index contributed by atoms with van der Waals surface area (Å²) in [4.78, 5) is 4.07. The van der Waals surface area contributed by atoms with Crippen molar-refractivity contribution in [3.8, 4) is 5.75 Å². The SMILES string of the molecule is CC(C)Oc1ccc(C(O)CNC(C)c2cccnc2Cl)cc1. The van der Waals surface area contributed by atoms with Gasteiger partial charge in [-0.3, -0.25) is 0 Å². The van der Waals surface area contributed by atoms with E-state index in [9.17, 15) is 5.11 Å². The number of benzene rings is 1. The van der Waals surface area contributed by atoms with E-state index in [2.05, 4.69) is 10.3 Å². The molecular formula is C18H23ClN2O2. The van der Waals surface area contributed by atoms with Gasteiger partial charge in [0.2, 0.25) is 0 Å². The molecule has 1 aromatic heterocycles. The highest BCUT2D eigenvalue weighted by Crippen LogP contribution is 2.22. The normalized spacial score (nSPS) is 13.8. The van der Waals surface area contributed by atoms with Crippen molar-refractivity contribution in [1.29, 1.82) is 0 Å². The van der Waals surface area contributed by atoms with Gasteiger partial charge in [-0.1, -0.05) is 29.8 Å². The zero-order valence-electron chi connectivity index (χ0n) is 13.7. The number of hydrogen-bond acceptors (Lipinski definition) is 4. The topological polar surface area (TPSA) is 54.4 Å². The van der Waals surface area contributed by atoms with Crippen molar-refractivity contribution in [1.82, 2.24) is 10.3 Å². The van der Waals surface area contributed by atoms with E-state index in [1.165, 1.54) is 0 Å². The number of pyridine rings is 1. The van der Waals surface area contributed by atoms with Gasteiger partial charge in [0.25, 0.3) is 0 Å². The quantitative estimate of drug-likeness (QED) is 0.754. The van der Waals surface area contributed by atoms with Gasteiger partial charge in [-0.2, -0.15) is 0 Å². The van der Waals surface area contributed by atoms with Crippen LogP contribution in [0, 0.1) is 0 Å². The van der Waals surface area contributed by atoms with Crippen LogP contribution in [0.1, 0.15) is 44.0 Å². The molecule has 2 rings (SSSR count). The van der Waals surface area contributed by atoms with Crippen LogP contribution in [0.3, 0.4) is 0 Å². The van der Waals surface area contributed by atoms with Crippen molar-refractivity contribution >= 4 is 11.6 Å². The largest absolute Gasteiger partial charge is 0.491 e. The molecule has 124 valence electrons. The molecule has 2 atom stereocenters. The van der Waals surface area contributed by atoms with E-state index in [0.29, 0.717) is 11.7 Å². The fourth-order valence-electron chi connectivity index (χ4n) is 2.28. The Morgan fingerprint density at radius 3 is 2.48 bits per heavy atom. The van der Waals surface area contributed by atoms with Crippen molar-refractivity contribution in [3.63, 3.8) is 0 Å². The summed E-state index contributed by atoms with van der Waals surface area (Å²) in [5.41, 5.74) is 1.76. The van der Waals surface area contributed by atoms with Gasteiger partial charge in [0.05, 0.1) is 12.2 Å².